The maximum Gasteiger partial charge on any atom is 0.270 e. The van der Waals surface area contributed by atoms with Crippen molar-refractivity contribution in [3.05, 3.63) is 44.0 Å². The van der Waals surface area contributed by atoms with Crippen molar-refractivity contribution in [1.29, 1.82) is 0 Å². The Labute approximate surface area is 174 Å². The summed E-state index contributed by atoms with van der Waals surface area (Å²) in [6.45, 7) is 7.55. The van der Waals surface area contributed by atoms with Crippen molar-refractivity contribution < 1.29 is 4.79 Å². The van der Waals surface area contributed by atoms with Gasteiger partial charge in [0.15, 0.2) is 5.13 Å². The van der Waals surface area contributed by atoms with Crippen molar-refractivity contribution >= 4 is 71.5 Å². The molecular weight excluding hydrogens is 454 g/mol. The summed E-state index contributed by atoms with van der Waals surface area (Å²) in [6, 6.07) is 9.46. The van der Waals surface area contributed by atoms with Crippen molar-refractivity contribution in [3.8, 4) is 0 Å². The van der Waals surface area contributed by atoms with E-state index in [4.69, 9.17) is 11.6 Å². The number of para-hydroxylation sites is 1. The smallest absolute Gasteiger partial charge is 0.270 e. The van der Waals surface area contributed by atoms with Crippen LogP contribution >= 0.6 is 50.2 Å². The molecule has 2 heterocycles. The van der Waals surface area contributed by atoms with Crippen LogP contribution in [-0.2, 0) is 0 Å². The lowest BCUT2D eigenvalue weighted by atomic mass is 10.3. The molecule has 3 aromatic rings. The summed E-state index contributed by atoms with van der Waals surface area (Å²) in [4.78, 5) is 22.6. The number of hydrogen-bond donors (Lipinski definition) is 0. The molecule has 138 valence electrons. The number of aromatic nitrogens is 1. The second-order valence-corrected chi connectivity index (χ2v) is 9.55. The van der Waals surface area contributed by atoms with Gasteiger partial charge in [0.05, 0.1) is 18.4 Å². The molecule has 4 nitrogen and oxygen atoms in total. The lowest BCUT2D eigenvalue weighted by molar-refractivity contribution is 0.0987. The van der Waals surface area contributed by atoms with Crippen LogP contribution in [0.15, 0.2) is 34.1 Å². The first kappa shape index (κ1) is 19.8. The number of fused-ring (bicyclic) bond motifs is 1. The van der Waals surface area contributed by atoms with Gasteiger partial charge in [-0.05, 0) is 53.3 Å². The minimum atomic E-state index is -0.0250. The molecule has 1 amide bonds. The number of amides is 1. The molecule has 0 radical (unpaired) electrons. The normalized spacial score (nSPS) is 11.4. The lowest BCUT2D eigenvalue weighted by Crippen LogP contribution is -2.38. The molecular formula is C18H19BrClN3OS2. The van der Waals surface area contributed by atoms with E-state index in [2.05, 4.69) is 39.7 Å². The van der Waals surface area contributed by atoms with Gasteiger partial charge in [-0.1, -0.05) is 42.9 Å². The number of likely N-dealkylation sites (N-methyl/N-ethyl adjacent to an activating group) is 1. The van der Waals surface area contributed by atoms with E-state index in [0.717, 1.165) is 33.6 Å². The molecule has 0 atom stereocenters. The standard InChI is InChI=1S/C18H19BrClN3OS2/c1-3-22(4-2)10-11-23(17(24)14-8-9-15(19)25-14)18-21-16-12(20)6-5-7-13(16)26-18/h5-9H,3-4,10-11H2,1-2H3. The van der Waals surface area contributed by atoms with Crippen LogP contribution in [0.3, 0.4) is 0 Å². The fraction of sp³-hybridized carbons (Fsp3) is 0.333. The summed E-state index contributed by atoms with van der Waals surface area (Å²) >= 11 is 12.7. The molecule has 3 rings (SSSR count). The third kappa shape index (κ3) is 4.28. The largest absolute Gasteiger partial charge is 0.302 e. The number of rotatable bonds is 7. The van der Waals surface area contributed by atoms with Crippen LogP contribution in [0.4, 0.5) is 5.13 Å². The quantitative estimate of drug-likeness (QED) is 0.438. The molecule has 26 heavy (non-hydrogen) atoms. The van der Waals surface area contributed by atoms with E-state index in [1.54, 1.807) is 4.90 Å². The highest BCUT2D eigenvalue weighted by atomic mass is 79.9. The van der Waals surface area contributed by atoms with Gasteiger partial charge in [0.25, 0.3) is 5.91 Å². The number of benzene rings is 1. The summed E-state index contributed by atoms with van der Waals surface area (Å²) < 4.78 is 1.93. The van der Waals surface area contributed by atoms with Gasteiger partial charge in [0.2, 0.25) is 0 Å². The molecule has 0 unspecified atom stereocenters. The number of nitrogens with zero attached hydrogens (tertiary/aromatic N) is 3. The van der Waals surface area contributed by atoms with Gasteiger partial charge in [0, 0.05) is 13.1 Å². The molecule has 1 aromatic carbocycles. The topological polar surface area (TPSA) is 36.4 Å². The SMILES string of the molecule is CCN(CC)CCN(C(=O)c1ccc(Br)s1)c1nc2c(Cl)cccc2s1. The van der Waals surface area contributed by atoms with E-state index in [9.17, 15) is 4.79 Å². The van der Waals surface area contributed by atoms with Crippen LogP contribution in [0.1, 0.15) is 23.5 Å². The van der Waals surface area contributed by atoms with Crippen LogP contribution in [0, 0.1) is 0 Å². The van der Waals surface area contributed by atoms with E-state index in [1.165, 1.54) is 22.7 Å². The first-order chi connectivity index (χ1) is 12.5. The summed E-state index contributed by atoms with van der Waals surface area (Å²) in [5, 5.41) is 1.30. The monoisotopic (exact) mass is 471 g/mol. The zero-order chi connectivity index (χ0) is 18.7. The number of hydrogen-bond acceptors (Lipinski definition) is 5. The molecule has 0 fully saturated rings. The van der Waals surface area contributed by atoms with Crippen LogP contribution in [0.25, 0.3) is 10.2 Å². The molecule has 0 aliphatic heterocycles. The highest BCUT2D eigenvalue weighted by Crippen LogP contribution is 2.34. The Morgan fingerprint density at radius 3 is 2.54 bits per heavy atom. The Morgan fingerprint density at radius 2 is 1.92 bits per heavy atom. The minimum Gasteiger partial charge on any atom is -0.302 e. The molecule has 8 heteroatoms. The Bertz CT molecular complexity index is 907. The van der Waals surface area contributed by atoms with Crippen LogP contribution < -0.4 is 4.90 Å². The van der Waals surface area contributed by atoms with E-state index < -0.39 is 0 Å². The summed E-state index contributed by atoms with van der Waals surface area (Å²) in [6.07, 6.45) is 0. The van der Waals surface area contributed by atoms with Crippen molar-refractivity contribution in [2.24, 2.45) is 0 Å². The molecule has 0 aliphatic carbocycles. The van der Waals surface area contributed by atoms with Crippen LogP contribution in [0.2, 0.25) is 5.02 Å². The number of thiazole rings is 1. The molecule has 0 N–H and O–H groups in total. The van der Waals surface area contributed by atoms with Gasteiger partial charge >= 0.3 is 0 Å². The Balaban J connectivity index is 1.95. The molecule has 0 saturated heterocycles. The number of halogens is 2. The van der Waals surface area contributed by atoms with Gasteiger partial charge in [-0.3, -0.25) is 9.69 Å². The Morgan fingerprint density at radius 1 is 1.15 bits per heavy atom. The minimum absolute atomic E-state index is 0.0250. The van der Waals surface area contributed by atoms with Gasteiger partial charge in [-0.2, -0.15) is 0 Å². The Hall–Kier alpha value is -0.990. The van der Waals surface area contributed by atoms with Gasteiger partial charge in [0.1, 0.15) is 5.52 Å². The Kier molecular flexibility index (Phi) is 6.69. The van der Waals surface area contributed by atoms with E-state index in [0.29, 0.717) is 21.6 Å². The van der Waals surface area contributed by atoms with Crippen LogP contribution in [0.5, 0.6) is 0 Å². The zero-order valence-electron chi connectivity index (χ0n) is 14.5. The second-order valence-electron chi connectivity index (χ2n) is 5.67. The van der Waals surface area contributed by atoms with Crippen molar-refractivity contribution in [2.45, 2.75) is 13.8 Å². The summed E-state index contributed by atoms with van der Waals surface area (Å²) in [7, 11) is 0. The van der Waals surface area contributed by atoms with Gasteiger partial charge in [-0.25, -0.2) is 4.98 Å². The molecule has 0 spiro atoms. The third-order valence-corrected chi connectivity index (χ3v) is 7.11. The molecule has 2 aromatic heterocycles. The van der Waals surface area contributed by atoms with E-state index in [1.807, 2.05) is 30.3 Å². The van der Waals surface area contributed by atoms with Gasteiger partial charge in [-0.15, -0.1) is 11.3 Å². The number of thiophene rings is 1. The van der Waals surface area contributed by atoms with Crippen molar-refractivity contribution in [3.63, 3.8) is 0 Å². The second kappa shape index (κ2) is 8.80. The first-order valence-corrected chi connectivity index (χ1v) is 11.2. The van der Waals surface area contributed by atoms with Gasteiger partial charge < -0.3 is 4.90 Å². The summed E-state index contributed by atoms with van der Waals surface area (Å²) in [5.74, 6) is -0.0250. The molecule has 0 aliphatic rings. The highest BCUT2D eigenvalue weighted by Gasteiger charge is 2.23. The van der Waals surface area contributed by atoms with E-state index in [-0.39, 0.29) is 5.91 Å². The van der Waals surface area contributed by atoms with Crippen molar-refractivity contribution in [2.75, 3.05) is 31.1 Å². The maximum absolute atomic E-state index is 13.1. The van der Waals surface area contributed by atoms with Crippen LogP contribution in [-0.4, -0.2) is 42.0 Å². The maximum atomic E-state index is 13.1. The van der Waals surface area contributed by atoms with E-state index >= 15 is 0 Å². The van der Waals surface area contributed by atoms with Crippen molar-refractivity contribution in [1.82, 2.24) is 9.88 Å². The number of anilines is 1. The highest BCUT2D eigenvalue weighted by molar-refractivity contribution is 9.11. The number of carbonyl (C=O) groups is 1. The predicted octanol–water partition coefficient (Wildman–Crippen LogP) is 5.76. The third-order valence-electron chi connectivity index (χ3n) is 4.15. The molecule has 0 bridgehead atoms. The average molecular weight is 473 g/mol. The lowest BCUT2D eigenvalue weighted by Gasteiger charge is -2.24. The fourth-order valence-electron chi connectivity index (χ4n) is 2.65. The molecule has 0 saturated carbocycles. The number of carbonyl (C=O) groups excluding carboxylic acids is 1. The zero-order valence-corrected chi connectivity index (χ0v) is 18.5. The summed E-state index contributed by atoms with van der Waals surface area (Å²) in [5.41, 5.74) is 0.752. The first-order valence-electron chi connectivity index (χ1n) is 8.38. The predicted molar refractivity (Wildman–Crippen MR) is 116 cm³/mol. The fourth-order valence-corrected chi connectivity index (χ4v) is 5.27. The average Bonchev–Trinajstić information content (AvgIpc) is 3.25.